The Balaban J connectivity index is 1.39. The molecule has 1 aliphatic rings. The second-order valence-corrected chi connectivity index (χ2v) is 8.24. The summed E-state index contributed by atoms with van der Waals surface area (Å²) in [6.45, 7) is 3.83. The van der Waals surface area contributed by atoms with E-state index in [0.29, 0.717) is 16.8 Å². The molecule has 0 bridgehead atoms. The van der Waals surface area contributed by atoms with E-state index in [1.807, 2.05) is 6.07 Å². The number of fused-ring (bicyclic) bond motifs is 1. The van der Waals surface area contributed by atoms with Crippen LogP contribution in [0.15, 0.2) is 48.5 Å². The number of amides is 1. The molecular formula is C25H28FN3O3. The van der Waals surface area contributed by atoms with Crippen molar-refractivity contribution in [3.8, 4) is 0 Å². The van der Waals surface area contributed by atoms with Gasteiger partial charge in [0.05, 0.1) is 18.8 Å². The Bertz CT molecular complexity index is 1090. The molecule has 1 aliphatic heterocycles. The highest BCUT2D eigenvalue weighted by atomic mass is 19.1. The molecule has 7 heteroatoms. The molecule has 2 aromatic carbocycles. The molecule has 1 saturated heterocycles. The lowest BCUT2D eigenvalue weighted by molar-refractivity contribution is -0.117. The monoisotopic (exact) mass is 437 g/mol. The number of hydrogen-bond acceptors (Lipinski definition) is 4. The first-order chi connectivity index (χ1) is 15.5. The predicted molar refractivity (Wildman–Crippen MR) is 122 cm³/mol. The van der Waals surface area contributed by atoms with E-state index < -0.39 is 11.8 Å². The fourth-order valence-electron chi connectivity index (χ4n) is 4.33. The van der Waals surface area contributed by atoms with Gasteiger partial charge in [-0.25, -0.2) is 9.18 Å². The lowest BCUT2D eigenvalue weighted by Crippen LogP contribution is -2.39. The number of likely N-dealkylation sites (tertiary alicyclic amines) is 1. The van der Waals surface area contributed by atoms with Gasteiger partial charge in [0.25, 0.3) is 0 Å². The molecule has 2 N–H and O–H groups in total. The van der Waals surface area contributed by atoms with Gasteiger partial charge >= 0.3 is 5.97 Å². The average Bonchev–Trinajstić information content (AvgIpc) is 3.13. The van der Waals surface area contributed by atoms with E-state index in [2.05, 4.69) is 39.5 Å². The van der Waals surface area contributed by atoms with Gasteiger partial charge in [-0.3, -0.25) is 9.69 Å². The Labute approximate surface area is 186 Å². The molecule has 0 saturated carbocycles. The minimum absolute atomic E-state index is 0.127. The number of aromatic nitrogens is 1. The van der Waals surface area contributed by atoms with Crippen molar-refractivity contribution in [1.29, 1.82) is 0 Å². The first kappa shape index (κ1) is 22.0. The first-order valence-electron chi connectivity index (χ1n) is 11.1. The molecule has 0 aliphatic carbocycles. The number of aromatic amines is 1. The second kappa shape index (κ2) is 9.96. The quantitative estimate of drug-likeness (QED) is 0.538. The standard InChI is InChI=1S/C25H28FN3O3/c1-2-32-25(31)24-23(20-15-19(26)8-9-21(20)27-24)28-22(30)16-29-12-10-18(11-13-29)14-17-6-4-3-5-7-17/h3-9,15,18,27H,2,10-14,16H2,1H3,(H,28,30). The van der Waals surface area contributed by atoms with Crippen LogP contribution < -0.4 is 5.32 Å². The molecule has 0 unspecified atom stereocenters. The normalized spacial score (nSPS) is 15.1. The minimum Gasteiger partial charge on any atom is -0.461 e. The van der Waals surface area contributed by atoms with Crippen molar-refractivity contribution in [3.63, 3.8) is 0 Å². The second-order valence-electron chi connectivity index (χ2n) is 8.24. The van der Waals surface area contributed by atoms with E-state index in [-0.39, 0.29) is 30.4 Å². The van der Waals surface area contributed by atoms with Gasteiger partial charge in [-0.2, -0.15) is 0 Å². The summed E-state index contributed by atoms with van der Waals surface area (Å²) in [5.74, 6) is -0.644. The van der Waals surface area contributed by atoms with Gasteiger partial charge in [-0.1, -0.05) is 30.3 Å². The zero-order chi connectivity index (χ0) is 22.5. The molecule has 168 valence electrons. The number of hydrogen-bond donors (Lipinski definition) is 2. The summed E-state index contributed by atoms with van der Waals surface area (Å²) < 4.78 is 18.9. The highest BCUT2D eigenvalue weighted by Gasteiger charge is 2.24. The topological polar surface area (TPSA) is 74.4 Å². The average molecular weight is 438 g/mol. The van der Waals surface area contributed by atoms with E-state index >= 15 is 0 Å². The number of rotatable bonds is 7. The molecule has 1 fully saturated rings. The molecule has 0 spiro atoms. The van der Waals surface area contributed by atoms with E-state index in [1.165, 1.54) is 17.7 Å². The molecule has 0 radical (unpaired) electrons. The van der Waals surface area contributed by atoms with Gasteiger partial charge in [-0.05, 0) is 69.0 Å². The maximum atomic E-state index is 13.8. The van der Waals surface area contributed by atoms with Gasteiger partial charge in [-0.15, -0.1) is 0 Å². The summed E-state index contributed by atoms with van der Waals surface area (Å²) in [5, 5.41) is 3.27. The van der Waals surface area contributed by atoms with Gasteiger partial charge in [0.2, 0.25) is 5.91 Å². The summed E-state index contributed by atoms with van der Waals surface area (Å²) in [7, 11) is 0. The van der Waals surface area contributed by atoms with Gasteiger partial charge in [0, 0.05) is 10.9 Å². The van der Waals surface area contributed by atoms with Crippen molar-refractivity contribution in [2.75, 3.05) is 31.6 Å². The van der Waals surface area contributed by atoms with Crippen LogP contribution in [0.1, 0.15) is 35.8 Å². The first-order valence-corrected chi connectivity index (χ1v) is 11.1. The third kappa shape index (κ3) is 5.16. The Morgan fingerprint density at radius 2 is 1.91 bits per heavy atom. The molecule has 32 heavy (non-hydrogen) atoms. The van der Waals surface area contributed by atoms with E-state index in [0.717, 1.165) is 32.4 Å². The Kier molecular flexibility index (Phi) is 6.85. The molecule has 1 amide bonds. The number of nitrogens with zero attached hydrogens (tertiary/aromatic N) is 1. The number of carbonyl (C=O) groups is 2. The third-order valence-corrected chi connectivity index (χ3v) is 5.95. The van der Waals surface area contributed by atoms with Crippen LogP contribution in [0.2, 0.25) is 0 Å². The number of ether oxygens (including phenoxy) is 1. The number of carbonyl (C=O) groups excluding carboxylic acids is 2. The number of benzene rings is 2. The predicted octanol–water partition coefficient (Wildman–Crippen LogP) is 4.38. The van der Waals surface area contributed by atoms with Crippen molar-refractivity contribution < 1.29 is 18.7 Å². The molecule has 3 aromatic rings. The SMILES string of the molecule is CCOC(=O)c1[nH]c2ccc(F)cc2c1NC(=O)CN1CCC(Cc2ccccc2)CC1. The summed E-state index contributed by atoms with van der Waals surface area (Å²) in [6.07, 6.45) is 3.13. The van der Waals surface area contributed by atoms with Crippen molar-refractivity contribution >= 4 is 28.5 Å². The van der Waals surface area contributed by atoms with Crippen LogP contribution in [0.25, 0.3) is 10.9 Å². The highest BCUT2D eigenvalue weighted by Crippen LogP contribution is 2.29. The van der Waals surface area contributed by atoms with Crippen molar-refractivity contribution in [1.82, 2.24) is 9.88 Å². The number of esters is 1. The molecule has 6 nitrogen and oxygen atoms in total. The van der Waals surface area contributed by atoms with E-state index in [1.54, 1.807) is 13.0 Å². The number of piperidine rings is 1. The summed E-state index contributed by atoms with van der Waals surface area (Å²) in [5.41, 5.74) is 2.30. The van der Waals surface area contributed by atoms with Crippen LogP contribution in [-0.4, -0.2) is 48.0 Å². The zero-order valence-corrected chi connectivity index (χ0v) is 18.2. The van der Waals surface area contributed by atoms with Crippen molar-refractivity contribution in [2.45, 2.75) is 26.2 Å². The Morgan fingerprint density at radius 3 is 2.62 bits per heavy atom. The lowest BCUT2D eigenvalue weighted by Gasteiger charge is -2.31. The summed E-state index contributed by atoms with van der Waals surface area (Å²) in [6, 6.07) is 14.6. The fraction of sp³-hybridized carbons (Fsp3) is 0.360. The number of anilines is 1. The Hall–Kier alpha value is -3.19. The Morgan fingerprint density at radius 1 is 1.16 bits per heavy atom. The van der Waals surface area contributed by atoms with Crippen LogP contribution in [0.5, 0.6) is 0 Å². The van der Waals surface area contributed by atoms with E-state index in [9.17, 15) is 14.0 Å². The van der Waals surface area contributed by atoms with Gasteiger partial charge in [0.1, 0.15) is 11.5 Å². The van der Waals surface area contributed by atoms with Crippen LogP contribution in [0.3, 0.4) is 0 Å². The van der Waals surface area contributed by atoms with Crippen LogP contribution in [-0.2, 0) is 16.0 Å². The van der Waals surface area contributed by atoms with Gasteiger partial charge < -0.3 is 15.0 Å². The summed E-state index contributed by atoms with van der Waals surface area (Å²) in [4.78, 5) is 30.2. The van der Waals surface area contributed by atoms with Crippen LogP contribution >= 0.6 is 0 Å². The number of nitrogens with one attached hydrogen (secondary N) is 2. The number of halogens is 1. The molecule has 4 rings (SSSR count). The molecule has 1 aromatic heterocycles. The maximum Gasteiger partial charge on any atom is 0.356 e. The molecule has 0 atom stereocenters. The van der Waals surface area contributed by atoms with Crippen LogP contribution in [0.4, 0.5) is 10.1 Å². The highest BCUT2D eigenvalue weighted by molar-refractivity contribution is 6.11. The smallest absolute Gasteiger partial charge is 0.356 e. The lowest BCUT2D eigenvalue weighted by atomic mass is 9.90. The minimum atomic E-state index is -0.582. The third-order valence-electron chi connectivity index (χ3n) is 5.95. The molecular weight excluding hydrogens is 409 g/mol. The zero-order valence-electron chi connectivity index (χ0n) is 18.2. The largest absolute Gasteiger partial charge is 0.461 e. The van der Waals surface area contributed by atoms with E-state index in [4.69, 9.17) is 4.74 Å². The number of H-pyrrole nitrogens is 1. The molecule has 2 heterocycles. The van der Waals surface area contributed by atoms with Crippen molar-refractivity contribution in [3.05, 3.63) is 65.6 Å². The van der Waals surface area contributed by atoms with Crippen LogP contribution in [0, 0.1) is 11.7 Å². The van der Waals surface area contributed by atoms with Crippen molar-refractivity contribution in [2.24, 2.45) is 5.92 Å². The summed E-state index contributed by atoms with van der Waals surface area (Å²) >= 11 is 0. The van der Waals surface area contributed by atoms with Gasteiger partial charge in [0.15, 0.2) is 0 Å². The maximum absolute atomic E-state index is 13.8. The fourth-order valence-corrected chi connectivity index (χ4v) is 4.33.